The van der Waals surface area contributed by atoms with E-state index >= 15 is 0 Å². The molecule has 4 rings (SSSR count). The van der Waals surface area contributed by atoms with E-state index in [9.17, 15) is 0 Å². The molecule has 0 spiro atoms. The highest BCUT2D eigenvalue weighted by atomic mass is 127. The normalized spacial score (nSPS) is 11.2. The van der Waals surface area contributed by atoms with Crippen LogP contribution in [0.4, 0.5) is 0 Å². The van der Waals surface area contributed by atoms with E-state index < -0.39 is 0 Å². The lowest BCUT2D eigenvalue weighted by molar-refractivity contribution is 0.575. The molecule has 4 aromatic rings. The van der Waals surface area contributed by atoms with Gasteiger partial charge >= 0.3 is 0 Å². The largest absolute Gasteiger partial charge is 0.346 e. The SMILES string of the molecule is Cc1c(-c2ncnc3[nH]ccc23)nnn1CCc1ccc(I)cc1. The molecule has 0 aliphatic heterocycles. The van der Waals surface area contributed by atoms with Gasteiger partial charge in [-0.15, -0.1) is 5.10 Å². The van der Waals surface area contributed by atoms with Gasteiger partial charge < -0.3 is 4.98 Å². The summed E-state index contributed by atoms with van der Waals surface area (Å²) in [6.45, 7) is 2.82. The Hall–Kier alpha value is -2.29. The molecule has 3 aromatic heterocycles. The van der Waals surface area contributed by atoms with Crippen molar-refractivity contribution in [3.63, 3.8) is 0 Å². The lowest BCUT2D eigenvalue weighted by atomic mass is 10.1. The van der Waals surface area contributed by atoms with Gasteiger partial charge in [0.15, 0.2) is 0 Å². The lowest BCUT2D eigenvalue weighted by Crippen LogP contribution is -2.05. The summed E-state index contributed by atoms with van der Waals surface area (Å²) in [6.07, 6.45) is 4.33. The second kappa shape index (κ2) is 6.31. The first-order valence-corrected chi connectivity index (χ1v) is 8.73. The van der Waals surface area contributed by atoms with Gasteiger partial charge in [0.05, 0.1) is 5.69 Å². The third-order valence-electron chi connectivity index (χ3n) is 4.09. The number of nitrogens with one attached hydrogen (secondary N) is 1. The molecule has 0 saturated heterocycles. The molecule has 0 saturated carbocycles. The van der Waals surface area contributed by atoms with Crippen molar-refractivity contribution in [2.24, 2.45) is 0 Å². The molecule has 0 unspecified atom stereocenters. The molecule has 6 nitrogen and oxygen atoms in total. The van der Waals surface area contributed by atoms with Crippen molar-refractivity contribution < 1.29 is 0 Å². The minimum atomic E-state index is 0.792. The van der Waals surface area contributed by atoms with Crippen LogP contribution < -0.4 is 0 Å². The average molecular weight is 430 g/mol. The predicted octanol–water partition coefficient (Wildman–Crippen LogP) is 3.37. The Bertz CT molecular complexity index is 986. The van der Waals surface area contributed by atoms with Crippen LogP contribution in [-0.4, -0.2) is 29.9 Å². The highest BCUT2D eigenvalue weighted by Gasteiger charge is 2.15. The first-order chi connectivity index (χ1) is 11.7. The van der Waals surface area contributed by atoms with E-state index in [1.54, 1.807) is 6.33 Å². The number of halogens is 1. The van der Waals surface area contributed by atoms with E-state index in [2.05, 4.69) is 72.1 Å². The molecule has 120 valence electrons. The number of benzene rings is 1. The van der Waals surface area contributed by atoms with Gasteiger partial charge in [-0.1, -0.05) is 17.3 Å². The first-order valence-electron chi connectivity index (χ1n) is 7.65. The highest BCUT2D eigenvalue weighted by Crippen LogP contribution is 2.25. The minimum absolute atomic E-state index is 0.792. The standard InChI is InChI=1S/C17H15IN6/c1-11-15(16-14-6-8-19-17(14)21-10-20-16)22-23-24(11)9-7-12-2-4-13(18)5-3-12/h2-6,8,10H,7,9H2,1H3,(H,19,20,21). The fourth-order valence-corrected chi connectivity index (χ4v) is 3.10. The Morgan fingerprint density at radius 3 is 2.75 bits per heavy atom. The number of rotatable bonds is 4. The second-order valence-electron chi connectivity index (χ2n) is 5.59. The Morgan fingerprint density at radius 1 is 1.08 bits per heavy atom. The van der Waals surface area contributed by atoms with Gasteiger partial charge in [0.25, 0.3) is 0 Å². The van der Waals surface area contributed by atoms with Crippen molar-refractivity contribution in [2.45, 2.75) is 19.9 Å². The number of hydrogen-bond donors (Lipinski definition) is 1. The number of aromatic nitrogens is 6. The number of H-pyrrole nitrogens is 1. The summed E-state index contributed by atoms with van der Waals surface area (Å²) < 4.78 is 3.18. The van der Waals surface area contributed by atoms with E-state index in [1.165, 1.54) is 9.13 Å². The summed E-state index contributed by atoms with van der Waals surface area (Å²) in [5.41, 5.74) is 4.75. The van der Waals surface area contributed by atoms with E-state index in [-0.39, 0.29) is 0 Å². The van der Waals surface area contributed by atoms with E-state index in [4.69, 9.17) is 0 Å². The quantitative estimate of drug-likeness (QED) is 0.504. The third-order valence-corrected chi connectivity index (χ3v) is 4.81. The lowest BCUT2D eigenvalue weighted by Gasteiger charge is -2.05. The van der Waals surface area contributed by atoms with Crippen LogP contribution in [0.15, 0.2) is 42.9 Å². The summed E-state index contributed by atoms with van der Waals surface area (Å²) in [4.78, 5) is 11.7. The van der Waals surface area contributed by atoms with Crippen LogP contribution in [0.1, 0.15) is 11.3 Å². The number of aromatic amines is 1. The topological polar surface area (TPSA) is 72.3 Å². The van der Waals surface area contributed by atoms with Crippen LogP contribution in [-0.2, 0) is 13.0 Å². The van der Waals surface area contributed by atoms with Crippen LogP contribution in [0, 0.1) is 10.5 Å². The van der Waals surface area contributed by atoms with E-state index in [1.807, 2.05) is 23.9 Å². The van der Waals surface area contributed by atoms with Crippen molar-refractivity contribution in [3.05, 3.63) is 57.7 Å². The Balaban J connectivity index is 1.61. The summed E-state index contributed by atoms with van der Waals surface area (Å²) in [6, 6.07) is 10.5. The number of nitrogens with zero attached hydrogens (tertiary/aromatic N) is 5. The molecular weight excluding hydrogens is 415 g/mol. The molecule has 0 bridgehead atoms. The summed E-state index contributed by atoms with van der Waals surface area (Å²) >= 11 is 2.32. The fraction of sp³-hybridized carbons (Fsp3) is 0.176. The number of fused-ring (bicyclic) bond motifs is 1. The van der Waals surface area contributed by atoms with Crippen LogP contribution in [0.3, 0.4) is 0 Å². The minimum Gasteiger partial charge on any atom is -0.346 e. The second-order valence-corrected chi connectivity index (χ2v) is 6.83. The molecule has 24 heavy (non-hydrogen) atoms. The van der Waals surface area contributed by atoms with Gasteiger partial charge in [-0.25, -0.2) is 14.6 Å². The van der Waals surface area contributed by atoms with Crippen LogP contribution >= 0.6 is 22.6 Å². The molecule has 1 N–H and O–H groups in total. The van der Waals surface area contributed by atoms with Crippen LogP contribution in [0.25, 0.3) is 22.4 Å². The smallest absolute Gasteiger partial charge is 0.141 e. The molecular formula is C17H15IN6. The van der Waals surface area contributed by atoms with Crippen molar-refractivity contribution in [1.82, 2.24) is 29.9 Å². The van der Waals surface area contributed by atoms with Crippen molar-refractivity contribution >= 4 is 33.6 Å². The molecule has 1 aromatic carbocycles. The third kappa shape index (κ3) is 2.79. The first kappa shape index (κ1) is 15.3. The average Bonchev–Trinajstić information content (AvgIpc) is 3.21. The zero-order valence-corrected chi connectivity index (χ0v) is 15.2. The van der Waals surface area contributed by atoms with Gasteiger partial charge in [-0.3, -0.25) is 0 Å². The monoisotopic (exact) mass is 430 g/mol. The summed E-state index contributed by atoms with van der Waals surface area (Å²) in [5.74, 6) is 0. The molecule has 0 radical (unpaired) electrons. The van der Waals surface area contributed by atoms with Gasteiger partial charge in [-0.05, 0) is 59.7 Å². The molecule has 0 fully saturated rings. The van der Waals surface area contributed by atoms with E-state index in [0.29, 0.717) is 0 Å². The van der Waals surface area contributed by atoms with Gasteiger partial charge in [-0.2, -0.15) is 0 Å². The highest BCUT2D eigenvalue weighted by molar-refractivity contribution is 14.1. The Labute approximate surface area is 152 Å². The van der Waals surface area contributed by atoms with Crippen molar-refractivity contribution in [2.75, 3.05) is 0 Å². The maximum absolute atomic E-state index is 4.40. The molecule has 0 aliphatic rings. The zero-order valence-electron chi connectivity index (χ0n) is 13.1. The van der Waals surface area contributed by atoms with Crippen LogP contribution in [0.5, 0.6) is 0 Å². The summed E-state index contributed by atoms with van der Waals surface area (Å²) in [7, 11) is 0. The van der Waals surface area contributed by atoms with E-state index in [0.717, 1.165) is 41.1 Å². The van der Waals surface area contributed by atoms with Crippen molar-refractivity contribution in [1.29, 1.82) is 0 Å². The number of hydrogen-bond acceptors (Lipinski definition) is 4. The molecule has 0 amide bonds. The number of aryl methyl sites for hydroxylation is 2. The zero-order chi connectivity index (χ0) is 16.5. The van der Waals surface area contributed by atoms with Crippen molar-refractivity contribution in [3.8, 4) is 11.4 Å². The van der Waals surface area contributed by atoms with Gasteiger partial charge in [0, 0.05) is 21.7 Å². The van der Waals surface area contributed by atoms with Crippen LogP contribution in [0.2, 0.25) is 0 Å². The maximum atomic E-state index is 4.40. The predicted molar refractivity (Wildman–Crippen MR) is 101 cm³/mol. The fourth-order valence-electron chi connectivity index (χ4n) is 2.74. The maximum Gasteiger partial charge on any atom is 0.141 e. The van der Waals surface area contributed by atoms with Gasteiger partial charge in [0.2, 0.25) is 0 Å². The van der Waals surface area contributed by atoms with Gasteiger partial charge in [0.1, 0.15) is 23.4 Å². The Kier molecular flexibility index (Phi) is 4.01. The molecule has 0 aliphatic carbocycles. The molecule has 3 heterocycles. The molecule has 7 heteroatoms. The Morgan fingerprint density at radius 2 is 1.92 bits per heavy atom. The summed E-state index contributed by atoms with van der Waals surface area (Å²) in [5, 5.41) is 9.62. The molecule has 0 atom stereocenters.